The smallest absolute Gasteiger partial charge is 0.255 e. The number of sulfonamides is 1. The van der Waals surface area contributed by atoms with Crippen LogP contribution in [0.3, 0.4) is 0 Å². The van der Waals surface area contributed by atoms with Crippen LogP contribution in [0.15, 0.2) is 42.5 Å². The van der Waals surface area contributed by atoms with Crippen LogP contribution in [0.25, 0.3) is 0 Å². The van der Waals surface area contributed by atoms with Crippen LogP contribution < -0.4 is 10.1 Å². The second-order valence-electron chi connectivity index (χ2n) is 7.07. The summed E-state index contributed by atoms with van der Waals surface area (Å²) in [5.41, 5.74) is 2.75. The van der Waals surface area contributed by atoms with Crippen molar-refractivity contribution in [1.82, 2.24) is 4.31 Å². The van der Waals surface area contributed by atoms with Crippen LogP contribution in [0.5, 0.6) is 5.75 Å². The van der Waals surface area contributed by atoms with Crippen LogP contribution in [0.4, 0.5) is 5.69 Å². The molecule has 0 bridgehead atoms. The van der Waals surface area contributed by atoms with E-state index in [1.54, 1.807) is 41.7 Å². The largest absolute Gasteiger partial charge is 0.495 e. The minimum atomic E-state index is -3.32. The van der Waals surface area contributed by atoms with Crippen LogP contribution >= 0.6 is 0 Å². The number of carbonyl (C=O) groups excluding carboxylic acids is 1. The molecule has 6 nitrogen and oxygen atoms in total. The van der Waals surface area contributed by atoms with Crippen molar-refractivity contribution in [2.24, 2.45) is 0 Å². The van der Waals surface area contributed by atoms with E-state index in [4.69, 9.17) is 4.74 Å². The predicted octanol–water partition coefficient (Wildman–Crippen LogP) is 3.57. The number of aryl methyl sites for hydroxylation is 1. The molecule has 0 radical (unpaired) electrons. The maximum absolute atomic E-state index is 12.6. The van der Waals surface area contributed by atoms with E-state index in [9.17, 15) is 13.2 Å². The van der Waals surface area contributed by atoms with Crippen molar-refractivity contribution in [3.05, 3.63) is 59.2 Å². The van der Waals surface area contributed by atoms with E-state index < -0.39 is 10.0 Å². The number of benzene rings is 2. The van der Waals surface area contributed by atoms with Crippen LogP contribution in [0, 0.1) is 6.92 Å². The third-order valence-corrected chi connectivity index (χ3v) is 6.73. The van der Waals surface area contributed by atoms with Crippen molar-refractivity contribution in [2.75, 3.05) is 25.5 Å². The summed E-state index contributed by atoms with van der Waals surface area (Å²) >= 11 is 0. The number of ether oxygens (including phenoxy) is 1. The first-order valence-corrected chi connectivity index (χ1v) is 11.0. The number of nitrogens with zero attached hydrogens (tertiary/aromatic N) is 1. The van der Waals surface area contributed by atoms with Gasteiger partial charge in [0.05, 0.1) is 18.6 Å². The van der Waals surface area contributed by atoms with E-state index in [1.807, 2.05) is 19.1 Å². The van der Waals surface area contributed by atoms with Gasteiger partial charge in [-0.15, -0.1) is 0 Å². The number of nitrogens with one attached hydrogen (secondary N) is 1. The fraction of sp³-hybridized carbons (Fsp3) is 0.381. The third-order valence-electron chi connectivity index (χ3n) is 4.88. The third kappa shape index (κ3) is 4.91. The molecule has 28 heavy (non-hydrogen) atoms. The Morgan fingerprint density at radius 1 is 1.07 bits per heavy atom. The summed E-state index contributed by atoms with van der Waals surface area (Å²) in [5.74, 6) is 0.276. The summed E-state index contributed by atoms with van der Waals surface area (Å²) in [4.78, 5) is 12.5. The minimum Gasteiger partial charge on any atom is -0.495 e. The fourth-order valence-electron chi connectivity index (χ4n) is 3.31. The van der Waals surface area contributed by atoms with Gasteiger partial charge in [0, 0.05) is 18.7 Å². The molecular weight excluding hydrogens is 376 g/mol. The summed E-state index contributed by atoms with van der Waals surface area (Å²) in [6.07, 6.45) is 2.92. The number of piperidine rings is 1. The van der Waals surface area contributed by atoms with E-state index in [-0.39, 0.29) is 11.7 Å². The van der Waals surface area contributed by atoms with E-state index in [1.165, 1.54) is 0 Å². The van der Waals surface area contributed by atoms with Crippen molar-refractivity contribution < 1.29 is 17.9 Å². The predicted molar refractivity (Wildman–Crippen MR) is 110 cm³/mol. The van der Waals surface area contributed by atoms with Gasteiger partial charge in [0.1, 0.15) is 5.75 Å². The summed E-state index contributed by atoms with van der Waals surface area (Å²) in [6.45, 7) is 3.13. The lowest BCUT2D eigenvalue weighted by atomic mass is 10.1. The second-order valence-corrected chi connectivity index (χ2v) is 9.04. The maximum Gasteiger partial charge on any atom is 0.255 e. The van der Waals surface area contributed by atoms with Crippen molar-refractivity contribution >= 4 is 21.6 Å². The Morgan fingerprint density at radius 2 is 1.75 bits per heavy atom. The molecule has 0 aliphatic carbocycles. The first kappa shape index (κ1) is 20.4. The second kappa shape index (κ2) is 8.75. The molecule has 0 aromatic heterocycles. The summed E-state index contributed by atoms with van der Waals surface area (Å²) in [5, 5.41) is 2.85. The SMILES string of the molecule is COc1ccc(C)cc1NC(=O)c1ccc(CS(=O)(=O)N2CCCCC2)cc1. The van der Waals surface area contributed by atoms with Crippen molar-refractivity contribution in [3.8, 4) is 5.75 Å². The molecule has 0 spiro atoms. The number of carbonyl (C=O) groups is 1. The van der Waals surface area contributed by atoms with Gasteiger partial charge in [-0.2, -0.15) is 0 Å². The molecule has 1 saturated heterocycles. The van der Waals surface area contributed by atoms with Crippen LogP contribution in [0.1, 0.15) is 40.7 Å². The monoisotopic (exact) mass is 402 g/mol. The molecule has 1 fully saturated rings. The lowest BCUT2D eigenvalue weighted by Crippen LogP contribution is -2.36. The van der Waals surface area contributed by atoms with Gasteiger partial charge in [-0.05, 0) is 55.2 Å². The molecule has 2 aromatic carbocycles. The van der Waals surface area contributed by atoms with Crippen LogP contribution in [-0.2, 0) is 15.8 Å². The Labute approximate surface area is 166 Å². The fourth-order valence-corrected chi connectivity index (χ4v) is 4.92. The molecule has 2 aromatic rings. The molecule has 150 valence electrons. The van der Waals surface area contributed by atoms with Crippen LogP contribution in [0.2, 0.25) is 0 Å². The molecule has 0 saturated carbocycles. The topological polar surface area (TPSA) is 75.7 Å². The first-order chi connectivity index (χ1) is 13.4. The van der Waals surface area contributed by atoms with Gasteiger partial charge in [-0.25, -0.2) is 12.7 Å². The number of anilines is 1. The summed E-state index contributed by atoms with van der Waals surface area (Å²) in [6, 6.07) is 12.3. The number of hydrogen-bond donors (Lipinski definition) is 1. The van der Waals surface area contributed by atoms with Crippen LogP contribution in [-0.4, -0.2) is 38.8 Å². The zero-order chi connectivity index (χ0) is 20.1. The molecule has 1 heterocycles. The van der Waals surface area contributed by atoms with Gasteiger partial charge in [-0.1, -0.05) is 24.6 Å². The molecule has 1 aliphatic heterocycles. The Morgan fingerprint density at radius 3 is 2.39 bits per heavy atom. The number of amides is 1. The Kier molecular flexibility index (Phi) is 6.36. The highest BCUT2D eigenvalue weighted by Gasteiger charge is 2.24. The van der Waals surface area contributed by atoms with Gasteiger partial charge in [0.2, 0.25) is 10.0 Å². The van der Waals surface area contributed by atoms with Crippen molar-refractivity contribution in [1.29, 1.82) is 0 Å². The van der Waals surface area contributed by atoms with Gasteiger partial charge < -0.3 is 10.1 Å². The highest BCUT2D eigenvalue weighted by atomic mass is 32.2. The zero-order valence-electron chi connectivity index (χ0n) is 16.3. The standard InChI is InChI=1S/C21H26N2O4S/c1-16-6-11-20(27-2)19(14-16)22-21(24)18-9-7-17(8-10-18)15-28(25,26)23-12-4-3-5-13-23/h6-11,14H,3-5,12-13,15H2,1-2H3,(H,22,24). The first-order valence-electron chi connectivity index (χ1n) is 9.42. The molecule has 1 aliphatic rings. The molecule has 1 amide bonds. The maximum atomic E-state index is 12.6. The molecule has 3 rings (SSSR count). The lowest BCUT2D eigenvalue weighted by molar-refractivity contribution is 0.102. The average molecular weight is 403 g/mol. The van der Waals surface area contributed by atoms with E-state index >= 15 is 0 Å². The van der Waals surface area contributed by atoms with Gasteiger partial charge >= 0.3 is 0 Å². The zero-order valence-corrected chi connectivity index (χ0v) is 17.1. The highest BCUT2D eigenvalue weighted by molar-refractivity contribution is 7.88. The van der Waals surface area contributed by atoms with Gasteiger partial charge in [0.15, 0.2) is 0 Å². The minimum absolute atomic E-state index is 0.0411. The van der Waals surface area contributed by atoms with Gasteiger partial charge in [-0.3, -0.25) is 4.79 Å². The molecular formula is C21H26N2O4S. The number of hydrogen-bond acceptors (Lipinski definition) is 4. The molecule has 0 atom stereocenters. The Balaban J connectivity index is 1.68. The highest BCUT2D eigenvalue weighted by Crippen LogP contribution is 2.26. The Hall–Kier alpha value is -2.38. The quantitative estimate of drug-likeness (QED) is 0.801. The van der Waals surface area contributed by atoms with E-state index in [0.29, 0.717) is 35.7 Å². The normalized spacial score (nSPS) is 15.2. The average Bonchev–Trinajstić information content (AvgIpc) is 2.69. The molecule has 1 N–H and O–H groups in total. The Bertz CT molecular complexity index is 933. The van der Waals surface area contributed by atoms with E-state index in [0.717, 1.165) is 24.8 Å². The van der Waals surface area contributed by atoms with Gasteiger partial charge in [0.25, 0.3) is 5.91 Å². The molecule has 7 heteroatoms. The van der Waals surface area contributed by atoms with E-state index in [2.05, 4.69) is 5.32 Å². The summed E-state index contributed by atoms with van der Waals surface area (Å²) in [7, 11) is -1.76. The molecule has 0 unspecified atom stereocenters. The number of rotatable bonds is 6. The summed E-state index contributed by atoms with van der Waals surface area (Å²) < 4.78 is 32.0. The van der Waals surface area contributed by atoms with Crippen molar-refractivity contribution in [2.45, 2.75) is 31.9 Å². The van der Waals surface area contributed by atoms with Crippen molar-refractivity contribution in [3.63, 3.8) is 0 Å². The number of methoxy groups -OCH3 is 1. The lowest BCUT2D eigenvalue weighted by Gasteiger charge is -2.25.